The number of aryl methyl sites for hydroxylation is 2. The summed E-state index contributed by atoms with van der Waals surface area (Å²) in [4.78, 5) is 5.53. The summed E-state index contributed by atoms with van der Waals surface area (Å²) in [6.45, 7) is 7.48. The highest BCUT2D eigenvalue weighted by molar-refractivity contribution is 7.88. The lowest BCUT2D eigenvalue weighted by Gasteiger charge is -2.23. The minimum Gasteiger partial charge on any atom is -0.244 e. The van der Waals surface area contributed by atoms with Gasteiger partial charge in [0.25, 0.3) is 0 Å². The third-order valence-electron chi connectivity index (χ3n) is 3.39. The minimum atomic E-state index is -3.56. The van der Waals surface area contributed by atoms with Crippen molar-refractivity contribution in [3.63, 3.8) is 0 Å². The van der Waals surface area contributed by atoms with E-state index in [0.29, 0.717) is 11.1 Å². The number of nitriles is 1. The first-order chi connectivity index (χ1) is 10.6. The van der Waals surface area contributed by atoms with E-state index in [1.54, 1.807) is 38.1 Å². The van der Waals surface area contributed by atoms with E-state index < -0.39 is 15.6 Å². The van der Waals surface area contributed by atoms with Gasteiger partial charge < -0.3 is 0 Å². The zero-order valence-corrected chi connectivity index (χ0v) is 15.2. The molecule has 2 aromatic rings. The molecule has 7 heteroatoms. The molecule has 0 saturated carbocycles. The third kappa shape index (κ3) is 4.38. The highest BCUT2D eigenvalue weighted by atomic mass is 32.2. The van der Waals surface area contributed by atoms with E-state index in [0.717, 1.165) is 15.6 Å². The van der Waals surface area contributed by atoms with Crippen molar-refractivity contribution in [2.45, 2.75) is 39.0 Å². The SMILES string of the molecule is Cc1nc(C(C)(C)NS(=O)(=O)Cc2cccc(C#N)c2)sc1C. The molecule has 0 aliphatic carbocycles. The van der Waals surface area contributed by atoms with Gasteiger partial charge in [0.1, 0.15) is 5.01 Å². The Balaban J connectivity index is 2.21. The highest BCUT2D eigenvalue weighted by Gasteiger charge is 2.30. The van der Waals surface area contributed by atoms with Gasteiger partial charge >= 0.3 is 0 Å². The lowest BCUT2D eigenvalue weighted by Crippen LogP contribution is -2.41. The zero-order valence-electron chi connectivity index (χ0n) is 13.5. The van der Waals surface area contributed by atoms with Crippen molar-refractivity contribution in [1.29, 1.82) is 5.26 Å². The molecule has 0 saturated heterocycles. The topological polar surface area (TPSA) is 82.8 Å². The van der Waals surface area contributed by atoms with Crippen LogP contribution in [-0.2, 0) is 21.3 Å². The van der Waals surface area contributed by atoms with Gasteiger partial charge in [0.2, 0.25) is 10.0 Å². The second-order valence-electron chi connectivity index (χ2n) is 5.96. The Morgan fingerprint density at radius 3 is 2.61 bits per heavy atom. The molecule has 0 bridgehead atoms. The summed E-state index contributed by atoms with van der Waals surface area (Å²) in [5.74, 6) is -0.171. The van der Waals surface area contributed by atoms with Crippen molar-refractivity contribution >= 4 is 21.4 Å². The molecule has 0 radical (unpaired) electrons. The van der Waals surface area contributed by atoms with Crippen LogP contribution in [0.2, 0.25) is 0 Å². The van der Waals surface area contributed by atoms with Gasteiger partial charge in [-0.05, 0) is 45.4 Å². The molecule has 122 valence electrons. The van der Waals surface area contributed by atoms with E-state index in [4.69, 9.17) is 5.26 Å². The van der Waals surface area contributed by atoms with Gasteiger partial charge in [-0.3, -0.25) is 0 Å². The Morgan fingerprint density at radius 2 is 2.04 bits per heavy atom. The van der Waals surface area contributed by atoms with E-state index in [-0.39, 0.29) is 5.75 Å². The first-order valence-corrected chi connectivity index (χ1v) is 9.55. The minimum absolute atomic E-state index is 0.171. The van der Waals surface area contributed by atoms with E-state index in [9.17, 15) is 8.42 Å². The normalized spacial score (nSPS) is 12.1. The number of thiazole rings is 1. The van der Waals surface area contributed by atoms with Crippen LogP contribution < -0.4 is 4.72 Å². The Morgan fingerprint density at radius 1 is 1.35 bits per heavy atom. The number of nitrogens with one attached hydrogen (secondary N) is 1. The van der Waals surface area contributed by atoms with Crippen LogP contribution >= 0.6 is 11.3 Å². The molecule has 0 aliphatic heterocycles. The molecule has 0 amide bonds. The Labute approximate surface area is 141 Å². The van der Waals surface area contributed by atoms with Gasteiger partial charge in [-0.2, -0.15) is 5.26 Å². The Hall–Kier alpha value is -1.75. The Bertz CT molecular complexity index is 842. The van der Waals surface area contributed by atoms with Crippen molar-refractivity contribution in [3.05, 3.63) is 51.0 Å². The molecule has 0 spiro atoms. The van der Waals surface area contributed by atoms with Crippen molar-refractivity contribution in [1.82, 2.24) is 9.71 Å². The summed E-state index contributed by atoms with van der Waals surface area (Å²) in [6, 6.07) is 8.63. The molecule has 0 fully saturated rings. The van der Waals surface area contributed by atoms with Crippen molar-refractivity contribution in [3.8, 4) is 6.07 Å². The molecule has 23 heavy (non-hydrogen) atoms. The van der Waals surface area contributed by atoms with E-state index in [1.807, 2.05) is 19.9 Å². The van der Waals surface area contributed by atoms with Crippen LogP contribution in [0, 0.1) is 25.2 Å². The van der Waals surface area contributed by atoms with Crippen LogP contribution in [0.15, 0.2) is 24.3 Å². The van der Waals surface area contributed by atoms with E-state index in [1.165, 1.54) is 11.3 Å². The third-order valence-corrected chi connectivity index (χ3v) is 6.32. The van der Waals surface area contributed by atoms with Gasteiger partial charge in [0.15, 0.2) is 0 Å². The molecule has 0 atom stereocenters. The number of hydrogen-bond acceptors (Lipinski definition) is 5. The first-order valence-electron chi connectivity index (χ1n) is 7.08. The number of rotatable bonds is 5. The van der Waals surface area contributed by atoms with E-state index >= 15 is 0 Å². The molecule has 0 unspecified atom stereocenters. The average Bonchev–Trinajstić information content (AvgIpc) is 2.78. The van der Waals surface area contributed by atoms with Crippen LogP contribution in [0.4, 0.5) is 0 Å². The van der Waals surface area contributed by atoms with Crippen LogP contribution in [-0.4, -0.2) is 13.4 Å². The van der Waals surface area contributed by atoms with Gasteiger partial charge in [-0.15, -0.1) is 11.3 Å². The predicted molar refractivity (Wildman–Crippen MR) is 91.5 cm³/mol. The summed E-state index contributed by atoms with van der Waals surface area (Å²) < 4.78 is 27.6. The maximum Gasteiger partial charge on any atom is 0.216 e. The Kier molecular flexibility index (Phi) is 4.90. The van der Waals surface area contributed by atoms with E-state index in [2.05, 4.69) is 9.71 Å². The second kappa shape index (κ2) is 6.40. The summed E-state index contributed by atoms with van der Waals surface area (Å²) in [5.41, 5.74) is 1.16. The molecular formula is C16H19N3O2S2. The first kappa shape index (κ1) is 17.6. The fraction of sp³-hybridized carbons (Fsp3) is 0.375. The molecule has 2 rings (SSSR count). The molecule has 5 nitrogen and oxygen atoms in total. The van der Waals surface area contributed by atoms with Crippen LogP contribution in [0.1, 0.15) is 40.6 Å². The molecule has 1 aromatic carbocycles. The average molecular weight is 349 g/mol. The number of hydrogen-bond donors (Lipinski definition) is 1. The van der Waals surface area contributed by atoms with Gasteiger partial charge in [-0.25, -0.2) is 18.1 Å². The van der Waals surface area contributed by atoms with Gasteiger partial charge in [0, 0.05) is 4.88 Å². The van der Waals surface area contributed by atoms with Crippen LogP contribution in [0.5, 0.6) is 0 Å². The highest BCUT2D eigenvalue weighted by Crippen LogP contribution is 2.28. The number of aromatic nitrogens is 1. The molecule has 1 aromatic heterocycles. The summed E-state index contributed by atoms with van der Waals surface area (Å²) in [7, 11) is -3.56. The van der Waals surface area contributed by atoms with Crippen molar-refractivity contribution in [2.24, 2.45) is 0 Å². The van der Waals surface area contributed by atoms with Crippen LogP contribution in [0.3, 0.4) is 0 Å². The number of benzene rings is 1. The summed E-state index contributed by atoms with van der Waals surface area (Å²) >= 11 is 1.49. The largest absolute Gasteiger partial charge is 0.244 e. The standard InChI is InChI=1S/C16H19N3O2S2/c1-11-12(2)22-15(18-11)16(3,4)19-23(20,21)10-14-7-5-6-13(8-14)9-17/h5-8,19H,10H2,1-4H3. The van der Waals surface area contributed by atoms with Crippen LogP contribution in [0.25, 0.3) is 0 Å². The van der Waals surface area contributed by atoms with Crippen molar-refractivity contribution < 1.29 is 8.42 Å². The summed E-state index contributed by atoms with van der Waals surface area (Å²) in [6.07, 6.45) is 0. The zero-order chi connectivity index (χ0) is 17.3. The number of sulfonamides is 1. The fourth-order valence-electron chi connectivity index (χ4n) is 2.16. The second-order valence-corrected chi connectivity index (χ2v) is 8.88. The van der Waals surface area contributed by atoms with Crippen molar-refractivity contribution in [2.75, 3.05) is 0 Å². The molecular weight excluding hydrogens is 330 g/mol. The molecule has 1 heterocycles. The predicted octanol–water partition coefficient (Wildman–Crippen LogP) is 2.99. The molecule has 0 aliphatic rings. The fourth-order valence-corrected chi connectivity index (χ4v) is 4.76. The maximum absolute atomic E-state index is 12.5. The lowest BCUT2D eigenvalue weighted by atomic mass is 10.1. The summed E-state index contributed by atoms with van der Waals surface area (Å²) in [5, 5.41) is 9.64. The quantitative estimate of drug-likeness (QED) is 0.899. The lowest BCUT2D eigenvalue weighted by molar-refractivity contribution is 0.469. The molecule has 1 N–H and O–H groups in total. The monoisotopic (exact) mass is 349 g/mol. The smallest absolute Gasteiger partial charge is 0.216 e. The number of nitrogens with zero attached hydrogens (tertiary/aromatic N) is 2. The maximum atomic E-state index is 12.5. The van der Waals surface area contributed by atoms with Gasteiger partial charge in [-0.1, -0.05) is 12.1 Å². The van der Waals surface area contributed by atoms with Gasteiger partial charge in [0.05, 0.1) is 28.6 Å².